The Morgan fingerprint density at radius 3 is 2.64 bits per heavy atom. The van der Waals surface area contributed by atoms with Crippen molar-refractivity contribution in [1.29, 1.82) is 0 Å². The topological polar surface area (TPSA) is 70.6 Å². The summed E-state index contributed by atoms with van der Waals surface area (Å²) in [6, 6.07) is -0.290. The van der Waals surface area contributed by atoms with Gasteiger partial charge >= 0.3 is 0 Å². The number of aliphatic hydroxyl groups excluding tert-OH is 1. The van der Waals surface area contributed by atoms with Gasteiger partial charge in [-0.25, -0.2) is 0 Å². The van der Waals surface area contributed by atoms with Crippen LogP contribution in [-0.2, 0) is 9.53 Å². The molecule has 1 unspecified atom stereocenters. The summed E-state index contributed by atoms with van der Waals surface area (Å²) in [5.41, 5.74) is 0. The SMILES string of the molecule is COCCNC(=O)C(C)NC[C@@H](C)O. The van der Waals surface area contributed by atoms with Crippen molar-refractivity contribution in [2.45, 2.75) is 26.0 Å². The van der Waals surface area contributed by atoms with Gasteiger partial charge in [-0.3, -0.25) is 4.79 Å². The number of ether oxygens (including phenoxy) is 1. The number of methoxy groups -OCH3 is 1. The van der Waals surface area contributed by atoms with Gasteiger partial charge in [0.2, 0.25) is 5.91 Å². The molecule has 2 atom stereocenters. The fraction of sp³-hybridized carbons (Fsp3) is 0.889. The summed E-state index contributed by atoms with van der Waals surface area (Å²) in [6.07, 6.45) is -0.441. The van der Waals surface area contributed by atoms with E-state index in [9.17, 15) is 4.79 Å². The summed E-state index contributed by atoms with van der Waals surface area (Å²) < 4.78 is 4.80. The summed E-state index contributed by atoms with van der Waals surface area (Å²) in [6.45, 7) is 4.86. The van der Waals surface area contributed by atoms with Gasteiger partial charge in [-0.1, -0.05) is 0 Å². The number of carbonyl (C=O) groups is 1. The lowest BCUT2D eigenvalue weighted by Gasteiger charge is -2.14. The van der Waals surface area contributed by atoms with E-state index in [2.05, 4.69) is 10.6 Å². The number of amides is 1. The van der Waals surface area contributed by atoms with Gasteiger partial charge < -0.3 is 20.5 Å². The maximum atomic E-state index is 11.3. The van der Waals surface area contributed by atoms with Crippen LogP contribution in [0.4, 0.5) is 0 Å². The highest BCUT2D eigenvalue weighted by Gasteiger charge is 2.11. The van der Waals surface area contributed by atoms with Crippen LogP contribution in [0.3, 0.4) is 0 Å². The molecule has 5 nitrogen and oxygen atoms in total. The molecule has 0 aromatic carbocycles. The molecule has 0 aliphatic carbocycles. The van der Waals surface area contributed by atoms with Gasteiger partial charge in [0.05, 0.1) is 18.8 Å². The molecule has 3 N–H and O–H groups in total. The Bertz CT molecular complexity index is 162. The molecule has 0 spiro atoms. The van der Waals surface area contributed by atoms with E-state index < -0.39 is 6.10 Å². The smallest absolute Gasteiger partial charge is 0.236 e. The molecule has 0 bridgehead atoms. The van der Waals surface area contributed by atoms with Crippen LogP contribution >= 0.6 is 0 Å². The summed E-state index contributed by atoms with van der Waals surface area (Å²) >= 11 is 0. The number of hydrogen-bond acceptors (Lipinski definition) is 4. The third-order valence-corrected chi connectivity index (χ3v) is 1.72. The summed E-state index contributed by atoms with van der Waals surface area (Å²) in [7, 11) is 1.58. The van der Waals surface area contributed by atoms with Crippen LogP contribution in [0.5, 0.6) is 0 Å². The van der Waals surface area contributed by atoms with Crippen LogP contribution in [0.2, 0.25) is 0 Å². The molecule has 1 amide bonds. The molecule has 0 radical (unpaired) electrons. The van der Waals surface area contributed by atoms with Crippen molar-refractivity contribution >= 4 is 5.91 Å². The van der Waals surface area contributed by atoms with E-state index in [-0.39, 0.29) is 11.9 Å². The van der Waals surface area contributed by atoms with E-state index in [1.165, 1.54) is 0 Å². The van der Waals surface area contributed by atoms with Crippen LogP contribution in [0.25, 0.3) is 0 Å². The van der Waals surface area contributed by atoms with E-state index in [1.807, 2.05) is 0 Å². The Morgan fingerprint density at radius 2 is 2.14 bits per heavy atom. The number of hydrogen-bond donors (Lipinski definition) is 3. The minimum atomic E-state index is -0.441. The van der Waals surface area contributed by atoms with E-state index in [0.29, 0.717) is 19.7 Å². The third kappa shape index (κ3) is 6.82. The van der Waals surface area contributed by atoms with Crippen LogP contribution in [-0.4, -0.2) is 50.0 Å². The maximum Gasteiger partial charge on any atom is 0.236 e. The van der Waals surface area contributed by atoms with Crippen molar-refractivity contribution in [3.63, 3.8) is 0 Å². The average Bonchev–Trinajstić information content (AvgIpc) is 2.14. The fourth-order valence-corrected chi connectivity index (χ4v) is 0.869. The molecule has 0 aromatic rings. The molecule has 5 heteroatoms. The molecule has 0 aliphatic heterocycles. The number of carbonyl (C=O) groups excluding carboxylic acids is 1. The van der Waals surface area contributed by atoms with Gasteiger partial charge in [-0.2, -0.15) is 0 Å². The molecule has 0 saturated carbocycles. The molecule has 0 aliphatic rings. The number of aliphatic hydroxyl groups is 1. The van der Waals surface area contributed by atoms with Gasteiger partial charge in [0, 0.05) is 20.2 Å². The Kier molecular flexibility index (Phi) is 7.37. The lowest BCUT2D eigenvalue weighted by atomic mass is 10.3. The first kappa shape index (κ1) is 13.4. The van der Waals surface area contributed by atoms with Crippen molar-refractivity contribution in [1.82, 2.24) is 10.6 Å². The molecular formula is C9H20N2O3. The van der Waals surface area contributed by atoms with E-state index in [0.717, 1.165) is 0 Å². The average molecular weight is 204 g/mol. The first-order valence-corrected chi connectivity index (χ1v) is 4.76. The van der Waals surface area contributed by atoms with Crippen molar-refractivity contribution < 1.29 is 14.6 Å². The molecule has 0 fully saturated rings. The van der Waals surface area contributed by atoms with Crippen LogP contribution in [0.1, 0.15) is 13.8 Å². The summed E-state index contributed by atoms with van der Waals surface area (Å²) in [5, 5.41) is 14.6. The third-order valence-electron chi connectivity index (χ3n) is 1.72. The quantitative estimate of drug-likeness (QED) is 0.470. The predicted molar refractivity (Wildman–Crippen MR) is 54.0 cm³/mol. The zero-order chi connectivity index (χ0) is 11.0. The second kappa shape index (κ2) is 7.73. The Labute approximate surface area is 84.8 Å². The molecule has 0 heterocycles. The van der Waals surface area contributed by atoms with Crippen LogP contribution < -0.4 is 10.6 Å². The fourth-order valence-electron chi connectivity index (χ4n) is 0.869. The monoisotopic (exact) mass is 204 g/mol. The van der Waals surface area contributed by atoms with Gasteiger partial charge in [0.15, 0.2) is 0 Å². The van der Waals surface area contributed by atoms with Crippen molar-refractivity contribution in [2.24, 2.45) is 0 Å². The molecule has 14 heavy (non-hydrogen) atoms. The Hall–Kier alpha value is -0.650. The van der Waals surface area contributed by atoms with Gasteiger partial charge in [-0.05, 0) is 13.8 Å². The number of nitrogens with one attached hydrogen (secondary N) is 2. The zero-order valence-corrected chi connectivity index (χ0v) is 9.04. The molecular weight excluding hydrogens is 184 g/mol. The standard InChI is InChI=1S/C9H20N2O3/c1-7(12)6-11-8(2)9(13)10-4-5-14-3/h7-8,11-12H,4-6H2,1-3H3,(H,10,13)/t7-,8?/m1/s1. The minimum absolute atomic E-state index is 0.0808. The second-order valence-electron chi connectivity index (χ2n) is 3.26. The number of rotatable bonds is 7. The lowest BCUT2D eigenvalue weighted by Crippen LogP contribution is -2.45. The van der Waals surface area contributed by atoms with Crippen molar-refractivity contribution in [3.8, 4) is 0 Å². The van der Waals surface area contributed by atoms with Crippen LogP contribution in [0, 0.1) is 0 Å². The second-order valence-corrected chi connectivity index (χ2v) is 3.26. The van der Waals surface area contributed by atoms with E-state index >= 15 is 0 Å². The lowest BCUT2D eigenvalue weighted by molar-refractivity contribution is -0.123. The highest BCUT2D eigenvalue weighted by atomic mass is 16.5. The first-order chi connectivity index (χ1) is 6.57. The predicted octanol–water partition coefficient (Wildman–Crippen LogP) is -0.892. The van der Waals surface area contributed by atoms with E-state index in [4.69, 9.17) is 9.84 Å². The van der Waals surface area contributed by atoms with Crippen molar-refractivity contribution in [3.05, 3.63) is 0 Å². The normalized spacial score (nSPS) is 14.9. The Balaban J connectivity index is 3.54. The minimum Gasteiger partial charge on any atom is -0.392 e. The largest absolute Gasteiger partial charge is 0.392 e. The maximum absolute atomic E-state index is 11.3. The summed E-state index contributed by atoms with van der Waals surface area (Å²) in [4.78, 5) is 11.3. The Morgan fingerprint density at radius 1 is 1.50 bits per heavy atom. The van der Waals surface area contributed by atoms with Crippen molar-refractivity contribution in [2.75, 3.05) is 26.8 Å². The van der Waals surface area contributed by atoms with Gasteiger partial charge in [-0.15, -0.1) is 0 Å². The molecule has 0 aromatic heterocycles. The first-order valence-electron chi connectivity index (χ1n) is 4.76. The van der Waals surface area contributed by atoms with E-state index in [1.54, 1.807) is 21.0 Å². The molecule has 0 rings (SSSR count). The highest BCUT2D eigenvalue weighted by Crippen LogP contribution is 1.83. The highest BCUT2D eigenvalue weighted by molar-refractivity contribution is 5.81. The van der Waals surface area contributed by atoms with Crippen LogP contribution in [0.15, 0.2) is 0 Å². The molecule has 0 saturated heterocycles. The zero-order valence-electron chi connectivity index (χ0n) is 9.04. The van der Waals surface area contributed by atoms with Gasteiger partial charge in [0.1, 0.15) is 0 Å². The summed E-state index contributed by atoms with van der Waals surface area (Å²) in [5.74, 6) is -0.0808. The van der Waals surface area contributed by atoms with Gasteiger partial charge in [0.25, 0.3) is 0 Å². The molecule has 84 valence electrons.